The third-order valence-corrected chi connectivity index (χ3v) is 5.08. The zero-order chi connectivity index (χ0) is 20.5. The number of benzene rings is 1. The van der Waals surface area contributed by atoms with Crippen LogP contribution in [0.25, 0.3) is 0 Å². The first kappa shape index (κ1) is 18.9. The maximum atomic E-state index is 13.8. The summed E-state index contributed by atoms with van der Waals surface area (Å²) >= 11 is 0. The van der Waals surface area contributed by atoms with Crippen LogP contribution in [0.3, 0.4) is 0 Å². The zero-order valence-electron chi connectivity index (χ0n) is 16.2. The van der Waals surface area contributed by atoms with Gasteiger partial charge in [0.1, 0.15) is 23.8 Å². The maximum Gasteiger partial charge on any atom is 0.332 e. The molecule has 0 saturated carbocycles. The summed E-state index contributed by atoms with van der Waals surface area (Å²) in [7, 11) is 0. The number of carbonyl (C=O) groups is 2. The minimum Gasteiger partial charge on any atom is -0.361 e. The number of rotatable bonds is 6. The maximum absolute atomic E-state index is 13.8. The Morgan fingerprint density at radius 1 is 1.28 bits per heavy atom. The van der Waals surface area contributed by atoms with Crippen LogP contribution in [-0.4, -0.2) is 40.2 Å². The lowest BCUT2D eigenvalue weighted by Gasteiger charge is -2.15. The summed E-state index contributed by atoms with van der Waals surface area (Å²) in [4.78, 5) is 27.8. The van der Waals surface area contributed by atoms with Gasteiger partial charge in [0.2, 0.25) is 12.7 Å². The number of urea groups is 1. The molecule has 8 nitrogen and oxygen atoms in total. The summed E-state index contributed by atoms with van der Waals surface area (Å²) in [5, 5.41) is 6.96. The van der Waals surface area contributed by atoms with Crippen molar-refractivity contribution in [3.05, 3.63) is 65.1 Å². The van der Waals surface area contributed by atoms with E-state index in [1.54, 1.807) is 35.3 Å². The number of hydrogen-bond acceptors (Lipinski definition) is 4. The van der Waals surface area contributed by atoms with Crippen molar-refractivity contribution < 1.29 is 23.2 Å². The van der Waals surface area contributed by atoms with Crippen molar-refractivity contribution >= 4 is 17.6 Å². The summed E-state index contributed by atoms with van der Waals surface area (Å²) < 4.78 is 20.7. The number of hydrogen-bond donors (Lipinski definition) is 1. The molecule has 150 valence electrons. The molecule has 0 radical (unpaired) electrons. The molecule has 3 heterocycles. The van der Waals surface area contributed by atoms with Crippen molar-refractivity contribution in [2.45, 2.75) is 26.8 Å². The summed E-state index contributed by atoms with van der Waals surface area (Å²) in [5.74, 6) is 0.0964. The highest BCUT2D eigenvalue weighted by Gasteiger charge is 2.38. The highest BCUT2D eigenvalue weighted by molar-refractivity contribution is 6.19. The van der Waals surface area contributed by atoms with Gasteiger partial charge in [-0.3, -0.25) is 4.79 Å². The molecule has 1 saturated heterocycles. The average Bonchev–Trinajstić information content (AvgIpc) is 3.35. The lowest BCUT2D eigenvalue weighted by Crippen LogP contribution is -2.37. The molecule has 0 aliphatic carbocycles. The van der Waals surface area contributed by atoms with E-state index in [4.69, 9.17) is 4.52 Å². The molecule has 0 atom stereocenters. The Morgan fingerprint density at radius 2 is 2.07 bits per heavy atom. The lowest BCUT2D eigenvalue weighted by atomic mass is 10.1. The van der Waals surface area contributed by atoms with E-state index >= 15 is 0 Å². The van der Waals surface area contributed by atoms with Crippen LogP contribution in [0.2, 0.25) is 0 Å². The second-order valence-corrected chi connectivity index (χ2v) is 7.03. The standard InChI is InChI=1S/C20H20FN5O3/c1-13-17(14(2)29-23-13)11-25-10-16(9-22-25)26-19(27)12-24(20(26)28)8-7-15-5-3-4-6-18(15)21/h3-6,9-10H,7-8,11-12H2,1-2H3/p+1. The fourth-order valence-corrected chi connectivity index (χ4v) is 3.43. The van der Waals surface area contributed by atoms with Crippen LogP contribution in [0.15, 0.2) is 41.2 Å². The summed E-state index contributed by atoms with van der Waals surface area (Å²) in [6, 6.07) is 6.03. The van der Waals surface area contributed by atoms with Gasteiger partial charge in [0, 0.05) is 6.54 Å². The minimum absolute atomic E-state index is 0.0255. The largest absolute Gasteiger partial charge is 0.361 e. The quantitative estimate of drug-likeness (QED) is 0.509. The Balaban J connectivity index is 1.45. The molecular formula is C20H21FN5O3+. The molecule has 29 heavy (non-hydrogen) atoms. The molecule has 3 amide bonds. The van der Waals surface area contributed by atoms with E-state index < -0.39 is 6.03 Å². The summed E-state index contributed by atoms with van der Waals surface area (Å²) in [6.45, 7) is 4.42. The molecule has 0 unspecified atom stereocenters. The van der Waals surface area contributed by atoms with Crippen molar-refractivity contribution in [1.82, 2.24) is 15.2 Å². The van der Waals surface area contributed by atoms with Gasteiger partial charge in [-0.2, -0.15) is 5.10 Å². The Morgan fingerprint density at radius 3 is 2.79 bits per heavy atom. The molecule has 9 heteroatoms. The molecule has 4 rings (SSSR count). The van der Waals surface area contributed by atoms with Gasteiger partial charge >= 0.3 is 6.03 Å². The number of imide groups is 1. The minimum atomic E-state index is -0.408. The molecule has 1 fully saturated rings. The van der Waals surface area contributed by atoms with Gasteiger partial charge in [0.05, 0.1) is 17.5 Å². The fraction of sp³-hybridized carbons (Fsp3) is 0.300. The van der Waals surface area contributed by atoms with Gasteiger partial charge in [-0.1, -0.05) is 23.4 Å². The highest BCUT2D eigenvalue weighted by atomic mass is 19.1. The molecule has 1 aliphatic rings. The molecular weight excluding hydrogens is 377 g/mol. The van der Waals surface area contributed by atoms with Gasteiger partial charge in [-0.15, -0.1) is 4.68 Å². The predicted molar refractivity (Wildman–Crippen MR) is 101 cm³/mol. The Bertz CT molecular complexity index is 1050. The normalized spacial score (nSPS) is 14.3. The molecule has 0 spiro atoms. The van der Waals surface area contributed by atoms with Crippen LogP contribution in [0.5, 0.6) is 0 Å². The number of aryl methyl sites for hydroxylation is 2. The SMILES string of the molecule is Cc1noc(C)c1C[n+]1cc(N2C(=O)CN(CCc3ccccc3F)C2=O)c[nH]1. The van der Waals surface area contributed by atoms with Crippen LogP contribution in [-0.2, 0) is 17.8 Å². The number of aromatic nitrogens is 3. The van der Waals surface area contributed by atoms with Gasteiger partial charge in [0.15, 0.2) is 0 Å². The van der Waals surface area contributed by atoms with Crippen molar-refractivity contribution in [2.75, 3.05) is 18.0 Å². The van der Waals surface area contributed by atoms with Gasteiger partial charge in [0.25, 0.3) is 5.91 Å². The number of nitrogens with one attached hydrogen (secondary N) is 1. The van der Waals surface area contributed by atoms with Crippen LogP contribution in [0.1, 0.15) is 22.6 Å². The smallest absolute Gasteiger partial charge is 0.332 e. The molecule has 2 aromatic heterocycles. The van der Waals surface area contributed by atoms with Crippen LogP contribution < -0.4 is 9.58 Å². The summed E-state index contributed by atoms with van der Waals surface area (Å²) in [5.41, 5.74) is 2.71. The van der Waals surface area contributed by atoms with Crippen LogP contribution in [0, 0.1) is 19.7 Å². The van der Waals surface area contributed by atoms with E-state index in [0.29, 0.717) is 24.2 Å². The van der Waals surface area contributed by atoms with E-state index in [1.807, 2.05) is 13.8 Å². The number of halogens is 1. The second kappa shape index (κ2) is 7.50. The zero-order valence-corrected chi connectivity index (χ0v) is 16.2. The molecule has 1 N–H and O–H groups in total. The van der Waals surface area contributed by atoms with Gasteiger partial charge < -0.3 is 9.42 Å². The third kappa shape index (κ3) is 3.63. The number of amides is 3. The molecule has 3 aromatic rings. The molecule has 1 aliphatic heterocycles. The Hall–Kier alpha value is -3.49. The van der Waals surface area contributed by atoms with E-state index in [9.17, 15) is 14.0 Å². The number of carbonyl (C=O) groups excluding carboxylic acids is 2. The van der Waals surface area contributed by atoms with Gasteiger partial charge in [-0.05, 0) is 31.9 Å². The second-order valence-electron chi connectivity index (χ2n) is 7.03. The Kier molecular flexibility index (Phi) is 4.87. The van der Waals surface area contributed by atoms with Crippen LogP contribution in [0.4, 0.5) is 14.9 Å². The first-order chi connectivity index (χ1) is 13.9. The average molecular weight is 398 g/mol. The molecule has 1 aromatic carbocycles. The van der Waals surface area contributed by atoms with E-state index in [0.717, 1.165) is 21.9 Å². The highest BCUT2D eigenvalue weighted by Crippen LogP contribution is 2.20. The van der Waals surface area contributed by atoms with E-state index in [-0.39, 0.29) is 24.8 Å². The number of H-pyrrole nitrogens is 1. The van der Waals surface area contributed by atoms with E-state index in [2.05, 4.69) is 10.3 Å². The fourth-order valence-electron chi connectivity index (χ4n) is 3.43. The van der Waals surface area contributed by atoms with Crippen LogP contribution >= 0.6 is 0 Å². The topological polar surface area (TPSA) is 86.3 Å². The Labute approximate surface area is 166 Å². The number of nitrogens with zero attached hydrogens (tertiary/aromatic N) is 4. The van der Waals surface area contributed by atoms with Crippen molar-refractivity contribution in [2.24, 2.45) is 0 Å². The predicted octanol–water partition coefficient (Wildman–Crippen LogP) is 2.11. The monoisotopic (exact) mass is 398 g/mol. The van der Waals surface area contributed by atoms with E-state index in [1.165, 1.54) is 11.0 Å². The van der Waals surface area contributed by atoms with Crippen molar-refractivity contribution in [3.63, 3.8) is 0 Å². The van der Waals surface area contributed by atoms with Crippen molar-refractivity contribution in [3.8, 4) is 0 Å². The summed E-state index contributed by atoms with van der Waals surface area (Å²) in [6.07, 6.45) is 3.65. The van der Waals surface area contributed by atoms with Gasteiger partial charge in [-0.25, -0.2) is 14.1 Å². The third-order valence-electron chi connectivity index (χ3n) is 5.08. The molecule has 0 bridgehead atoms. The first-order valence-electron chi connectivity index (χ1n) is 9.29. The lowest BCUT2D eigenvalue weighted by molar-refractivity contribution is -0.742. The number of aromatic amines is 1. The number of anilines is 1. The van der Waals surface area contributed by atoms with Crippen molar-refractivity contribution in [1.29, 1.82) is 0 Å². The first-order valence-corrected chi connectivity index (χ1v) is 9.29.